The largest absolute Gasteiger partial charge is 0.476 e. The average molecular weight is 229 g/mol. The van der Waals surface area contributed by atoms with Crippen molar-refractivity contribution in [1.29, 1.82) is 0 Å². The Bertz CT molecular complexity index is 201. The molecule has 72 valence electrons. The number of aliphatic imine (C=N–C) groups is 1. The quantitative estimate of drug-likeness (QED) is 0.420. The van der Waals surface area contributed by atoms with Crippen molar-refractivity contribution in [3.8, 4) is 0 Å². The fourth-order valence-corrected chi connectivity index (χ4v) is 3.12. The van der Waals surface area contributed by atoms with Crippen molar-refractivity contribution in [2.24, 2.45) is 4.99 Å². The maximum absolute atomic E-state index is 5.08. The predicted molar refractivity (Wildman–Crippen MR) is 56.3 cm³/mol. The summed E-state index contributed by atoms with van der Waals surface area (Å²) in [5, 5.41) is 0.474. The van der Waals surface area contributed by atoms with E-state index in [-0.39, 0.29) is 0 Å². The third-order valence-corrected chi connectivity index (χ3v) is 6.22. The first kappa shape index (κ1) is 12.4. The molecule has 0 atom stereocenters. The summed E-state index contributed by atoms with van der Waals surface area (Å²) in [5.41, 5.74) is -2.28. The van der Waals surface area contributed by atoms with Gasteiger partial charge in [0.25, 0.3) is 10.9 Å². The second kappa shape index (κ2) is 5.94. The Labute approximate surface area is 81.6 Å². The molecule has 0 fully saturated rings. The third kappa shape index (κ3) is 3.87. The molecule has 0 amide bonds. The second-order valence-electron chi connectivity index (χ2n) is 1.60. The molecule has 0 aliphatic heterocycles. The highest BCUT2D eigenvalue weighted by molar-refractivity contribution is 8.73. The van der Waals surface area contributed by atoms with Crippen molar-refractivity contribution in [3.63, 3.8) is 0 Å². The first-order valence-corrected chi connectivity index (χ1v) is 7.09. The van der Waals surface area contributed by atoms with Crippen LogP contribution in [0.4, 0.5) is 0 Å². The van der Waals surface area contributed by atoms with Gasteiger partial charge in [0.2, 0.25) is 0 Å². The summed E-state index contributed by atoms with van der Waals surface area (Å²) < 4.78 is 15.0. The lowest BCUT2D eigenvalue weighted by Crippen LogP contribution is -1.96. The molecular formula is C5H12NO3PS2. The van der Waals surface area contributed by atoms with Crippen molar-refractivity contribution in [2.45, 2.75) is 0 Å². The topological polar surface area (TPSA) is 40.0 Å². The van der Waals surface area contributed by atoms with Gasteiger partial charge in [-0.3, -0.25) is 0 Å². The molecule has 0 aliphatic rings. The van der Waals surface area contributed by atoms with E-state index in [1.54, 1.807) is 7.05 Å². The molecule has 0 aromatic carbocycles. The molecule has 0 radical (unpaired) electrons. The van der Waals surface area contributed by atoms with Crippen molar-refractivity contribution in [1.82, 2.24) is 0 Å². The van der Waals surface area contributed by atoms with Gasteiger partial charge in [-0.25, -0.2) is 4.99 Å². The highest BCUT2D eigenvalue weighted by atomic mass is 32.9. The van der Waals surface area contributed by atoms with Gasteiger partial charge in [0.05, 0.1) is 7.11 Å². The van der Waals surface area contributed by atoms with Crippen LogP contribution in [0.1, 0.15) is 0 Å². The van der Waals surface area contributed by atoms with Gasteiger partial charge in [-0.2, -0.15) is 0 Å². The van der Waals surface area contributed by atoms with Gasteiger partial charge in [0, 0.05) is 32.6 Å². The zero-order chi connectivity index (χ0) is 9.61. The molecule has 0 unspecified atom stereocenters. The Morgan fingerprint density at radius 2 is 1.83 bits per heavy atom. The Morgan fingerprint density at radius 3 is 2.08 bits per heavy atom. The maximum Gasteiger partial charge on any atom is 0.256 e. The van der Waals surface area contributed by atoms with Crippen molar-refractivity contribution >= 4 is 34.1 Å². The number of nitrogens with zero attached hydrogens (tertiary/aromatic N) is 1. The number of hydrogen-bond acceptors (Lipinski definition) is 6. The maximum atomic E-state index is 5.08. The lowest BCUT2D eigenvalue weighted by molar-refractivity contribution is 0.353. The minimum atomic E-state index is -2.28. The lowest BCUT2D eigenvalue weighted by Gasteiger charge is -2.15. The van der Waals surface area contributed by atoms with Crippen molar-refractivity contribution < 1.29 is 13.8 Å². The van der Waals surface area contributed by atoms with E-state index in [0.717, 1.165) is 0 Å². The summed E-state index contributed by atoms with van der Waals surface area (Å²) in [5.74, 6) is 0. The summed E-state index contributed by atoms with van der Waals surface area (Å²) in [6.07, 6.45) is 0. The molecule has 4 nitrogen and oxygen atoms in total. The molecule has 0 bridgehead atoms. The predicted octanol–water partition coefficient (Wildman–Crippen LogP) is 1.87. The van der Waals surface area contributed by atoms with Crippen LogP contribution in [-0.2, 0) is 25.6 Å². The Balaban J connectivity index is 4.30. The molecule has 12 heavy (non-hydrogen) atoms. The van der Waals surface area contributed by atoms with Gasteiger partial charge in [-0.05, 0) is 11.8 Å². The molecule has 0 saturated heterocycles. The summed E-state index contributed by atoms with van der Waals surface area (Å²) in [4.78, 5) is 3.85. The summed E-state index contributed by atoms with van der Waals surface area (Å²) >= 11 is 6.28. The molecule has 0 aromatic heterocycles. The Morgan fingerprint density at radius 1 is 1.33 bits per heavy atom. The van der Waals surface area contributed by atoms with Crippen LogP contribution in [0.2, 0.25) is 0 Å². The van der Waals surface area contributed by atoms with Crippen LogP contribution in [0, 0.1) is 0 Å². The van der Waals surface area contributed by atoms with E-state index < -0.39 is 5.69 Å². The van der Waals surface area contributed by atoms with Crippen LogP contribution in [0.25, 0.3) is 0 Å². The number of rotatable bonds is 3. The van der Waals surface area contributed by atoms with Crippen LogP contribution in [0.3, 0.4) is 0 Å². The normalized spacial score (nSPS) is 13.2. The third-order valence-electron chi connectivity index (χ3n) is 0.994. The first-order chi connectivity index (χ1) is 5.61. The molecular weight excluding hydrogens is 217 g/mol. The Hall–Kier alpha value is 0.390. The van der Waals surface area contributed by atoms with Gasteiger partial charge >= 0.3 is 0 Å². The Kier molecular flexibility index (Phi) is 6.13. The molecule has 0 saturated carbocycles. The number of methoxy groups -OCH3 is 1. The van der Waals surface area contributed by atoms with E-state index in [1.165, 1.54) is 32.7 Å². The van der Waals surface area contributed by atoms with Crippen molar-refractivity contribution in [2.75, 3.05) is 28.4 Å². The summed E-state index contributed by atoms with van der Waals surface area (Å²) in [6, 6.07) is 0. The molecule has 0 rings (SSSR count). The van der Waals surface area contributed by atoms with Crippen LogP contribution >= 0.6 is 17.1 Å². The van der Waals surface area contributed by atoms with Crippen LogP contribution in [-0.4, -0.2) is 33.6 Å². The van der Waals surface area contributed by atoms with Gasteiger partial charge < -0.3 is 13.8 Å². The summed E-state index contributed by atoms with van der Waals surface area (Å²) in [6.45, 7) is 0. The zero-order valence-corrected chi connectivity index (χ0v) is 9.96. The van der Waals surface area contributed by atoms with Crippen LogP contribution in [0.5, 0.6) is 0 Å². The van der Waals surface area contributed by atoms with E-state index in [1.807, 2.05) is 0 Å². The fourth-order valence-electron chi connectivity index (χ4n) is 0.414. The standard InChI is InChI=1S/C5H12NO3PS2/c1-6-5(7-2)12-10(11,8-3)9-4/h1-4H3. The first-order valence-electron chi connectivity index (χ1n) is 3.03. The highest BCUT2D eigenvalue weighted by Gasteiger charge is 2.20. The molecule has 0 heterocycles. The zero-order valence-electron chi connectivity index (χ0n) is 7.44. The molecule has 0 aliphatic carbocycles. The highest BCUT2D eigenvalue weighted by Crippen LogP contribution is 2.60. The van der Waals surface area contributed by atoms with Crippen molar-refractivity contribution in [3.05, 3.63) is 0 Å². The van der Waals surface area contributed by atoms with E-state index in [0.29, 0.717) is 5.23 Å². The SMILES string of the molecule is CN=C(OC)SP(=S)(OC)OC. The number of hydrogen-bond donors (Lipinski definition) is 0. The monoisotopic (exact) mass is 229 g/mol. The van der Waals surface area contributed by atoms with Crippen LogP contribution < -0.4 is 0 Å². The van der Waals surface area contributed by atoms with Gasteiger partial charge in [0.15, 0.2) is 0 Å². The molecule has 7 heteroatoms. The van der Waals surface area contributed by atoms with Gasteiger partial charge in [-0.15, -0.1) is 0 Å². The average Bonchev–Trinajstić information content (AvgIpc) is 2.14. The molecule has 0 aromatic rings. The molecule has 0 N–H and O–H groups in total. The van der Waals surface area contributed by atoms with E-state index >= 15 is 0 Å². The minimum Gasteiger partial charge on any atom is -0.476 e. The van der Waals surface area contributed by atoms with Gasteiger partial charge in [0.1, 0.15) is 0 Å². The fraction of sp³-hybridized carbons (Fsp3) is 0.800. The number of ether oxygens (including phenoxy) is 1. The minimum absolute atomic E-state index is 0.474. The van der Waals surface area contributed by atoms with E-state index in [2.05, 4.69) is 4.99 Å². The van der Waals surface area contributed by atoms with E-state index in [9.17, 15) is 0 Å². The lowest BCUT2D eigenvalue weighted by atomic mass is 11.3. The van der Waals surface area contributed by atoms with Crippen LogP contribution in [0.15, 0.2) is 4.99 Å². The van der Waals surface area contributed by atoms with E-state index in [4.69, 9.17) is 25.6 Å². The smallest absolute Gasteiger partial charge is 0.256 e. The summed E-state index contributed by atoms with van der Waals surface area (Å²) in [7, 11) is 6.18. The molecule has 0 spiro atoms. The second-order valence-corrected chi connectivity index (χ2v) is 7.88. The van der Waals surface area contributed by atoms with Gasteiger partial charge in [-0.1, -0.05) is 0 Å².